The highest BCUT2D eigenvalue weighted by atomic mass is 14.9. The Hall–Kier alpha value is -2.87. The summed E-state index contributed by atoms with van der Waals surface area (Å²) in [5.74, 6) is 0. The molecule has 0 saturated heterocycles. The molecule has 118 valence electrons. The Morgan fingerprint density at radius 2 is 1.96 bits per heavy atom. The van der Waals surface area contributed by atoms with Gasteiger partial charge in [-0.2, -0.15) is 0 Å². The molecule has 0 spiro atoms. The van der Waals surface area contributed by atoms with Crippen molar-refractivity contribution in [3.05, 3.63) is 83.2 Å². The van der Waals surface area contributed by atoms with Gasteiger partial charge in [-0.05, 0) is 60.2 Å². The van der Waals surface area contributed by atoms with Crippen LogP contribution in [0.25, 0.3) is 22.6 Å². The van der Waals surface area contributed by atoms with Crippen molar-refractivity contribution < 1.29 is 0 Å². The number of aryl methyl sites for hydroxylation is 1. The number of benzene rings is 2. The second-order valence-electron chi connectivity index (χ2n) is 6.44. The van der Waals surface area contributed by atoms with Crippen LogP contribution in [0, 0.1) is 6.92 Å². The van der Waals surface area contributed by atoms with Crippen LogP contribution < -0.4 is 5.32 Å². The predicted octanol–water partition coefficient (Wildman–Crippen LogP) is 5.59. The van der Waals surface area contributed by atoms with Crippen molar-refractivity contribution in [3.8, 4) is 0 Å². The lowest BCUT2D eigenvalue weighted by Crippen LogP contribution is -1.98. The molecule has 1 aromatic heterocycles. The third-order valence-corrected chi connectivity index (χ3v) is 4.63. The summed E-state index contributed by atoms with van der Waals surface area (Å²) < 4.78 is 0. The van der Waals surface area contributed by atoms with Gasteiger partial charge in [0.1, 0.15) is 0 Å². The minimum atomic E-state index is 0.933. The van der Waals surface area contributed by atoms with Crippen molar-refractivity contribution in [2.45, 2.75) is 20.3 Å². The third kappa shape index (κ3) is 2.41. The molecule has 0 unspecified atom stereocenters. The van der Waals surface area contributed by atoms with E-state index in [1.807, 2.05) is 13.1 Å². The van der Waals surface area contributed by atoms with Gasteiger partial charge in [0.2, 0.25) is 0 Å². The Kier molecular flexibility index (Phi) is 3.46. The highest BCUT2D eigenvalue weighted by Gasteiger charge is 2.16. The fraction of sp³-hybridized carbons (Fsp3) is 0.136. The number of fused-ring (bicyclic) bond motifs is 2. The van der Waals surface area contributed by atoms with Gasteiger partial charge in [0.15, 0.2) is 0 Å². The van der Waals surface area contributed by atoms with Gasteiger partial charge in [0.25, 0.3) is 0 Å². The first-order chi connectivity index (χ1) is 11.6. The lowest BCUT2D eigenvalue weighted by Gasteiger charge is -2.13. The summed E-state index contributed by atoms with van der Waals surface area (Å²) in [5.41, 5.74) is 9.59. The lowest BCUT2D eigenvalue weighted by atomic mass is 9.97. The summed E-state index contributed by atoms with van der Waals surface area (Å²) in [6.45, 7) is 8.01. The Labute approximate surface area is 142 Å². The molecule has 1 heterocycles. The smallest absolute Gasteiger partial charge is 0.0757 e. The zero-order chi connectivity index (χ0) is 16.7. The van der Waals surface area contributed by atoms with E-state index in [9.17, 15) is 0 Å². The van der Waals surface area contributed by atoms with E-state index < -0.39 is 0 Å². The molecule has 0 saturated carbocycles. The van der Waals surface area contributed by atoms with Gasteiger partial charge in [0, 0.05) is 23.0 Å². The molecule has 24 heavy (non-hydrogen) atoms. The van der Waals surface area contributed by atoms with E-state index in [-0.39, 0.29) is 0 Å². The maximum atomic E-state index is 4.63. The van der Waals surface area contributed by atoms with Gasteiger partial charge in [-0.1, -0.05) is 43.0 Å². The molecule has 4 rings (SSSR count). The van der Waals surface area contributed by atoms with Crippen LogP contribution in [0.3, 0.4) is 0 Å². The van der Waals surface area contributed by atoms with Gasteiger partial charge in [-0.25, -0.2) is 0 Å². The molecule has 0 radical (unpaired) electrons. The highest BCUT2D eigenvalue weighted by molar-refractivity contribution is 6.01. The number of hydrogen-bond donors (Lipinski definition) is 1. The first-order valence-electron chi connectivity index (χ1n) is 8.23. The van der Waals surface area contributed by atoms with Gasteiger partial charge in [-0.15, -0.1) is 0 Å². The second-order valence-corrected chi connectivity index (χ2v) is 6.44. The number of nitrogens with zero attached hydrogens (tertiary/aromatic N) is 1. The molecule has 1 N–H and O–H groups in total. The van der Waals surface area contributed by atoms with Crippen LogP contribution >= 0.6 is 0 Å². The van der Waals surface area contributed by atoms with Crippen molar-refractivity contribution in [1.82, 2.24) is 4.98 Å². The summed E-state index contributed by atoms with van der Waals surface area (Å²) in [5, 5.41) is 4.53. The van der Waals surface area contributed by atoms with E-state index in [4.69, 9.17) is 0 Å². The molecule has 2 nitrogen and oxygen atoms in total. The van der Waals surface area contributed by atoms with Crippen LogP contribution in [0.2, 0.25) is 0 Å². The minimum absolute atomic E-state index is 0.933. The monoisotopic (exact) mass is 312 g/mol. The van der Waals surface area contributed by atoms with Crippen LogP contribution in [-0.4, -0.2) is 4.98 Å². The van der Waals surface area contributed by atoms with Crippen molar-refractivity contribution in [3.63, 3.8) is 0 Å². The minimum Gasteiger partial charge on any atom is -0.359 e. The van der Waals surface area contributed by atoms with Crippen molar-refractivity contribution in [2.75, 3.05) is 5.32 Å². The summed E-state index contributed by atoms with van der Waals surface area (Å²) in [4.78, 5) is 4.63. The molecule has 1 aliphatic rings. The summed E-state index contributed by atoms with van der Waals surface area (Å²) in [6.07, 6.45) is 5.21. The molecule has 2 heteroatoms. The number of rotatable bonds is 3. The fourth-order valence-corrected chi connectivity index (χ4v) is 3.46. The zero-order valence-electron chi connectivity index (χ0n) is 14.1. The summed E-state index contributed by atoms with van der Waals surface area (Å²) in [6, 6.07) is 15.0. The average molecular weight is 312 g/mol. The van der Waals surface area contributed by atoms with Crippen LogP contribution in [0.15, 0.2) is 60.9 Å². The van der Waals surface area contributed by atoms with E-state index in [1.54, 1.807) is 0 Å². The Morgan fingerprint density at radius 1 is 1.12 bits per heavy atom. The Morgan fingerprint density at radius 3 is 2.75 bits per heavy atom. The second kappa shape index (κ2) is 5.64. The van der Waals surface area contributed by atoms with Gasteiger partial charge in [0.05, 0.1) is 5.52 Å². The summed E-state index contributed by atoms with van der Waals surface area (Å²) in [7, 11) is 0. The van der Waals surface area contributed by atoms with E-state index in [2.05, 4.69) is 72.3 Å². The normalized spacial score (nSPS) is 12.8. The molecule has 0 bridgehead atoms. The molecular formula is C22H20N2. The van der Waals surface area contributed by atoms with Crippen LogP contribution in [0.4, 0.5) is 5.69 Å². The highest BCUT2D eigenvalue weighted by Crippen LogP contribution is 2.36. The largest absolute Gasteiger partial charge is 0.359 e. The SMILES string of the molecule is C=C(C)Nc1ccc2c(C3=Cc4ccccc4C3)ccnc2c1C. The van der Waals surface area contributed by atoms with Gasteiger partial charge in [-0.3, -0.25) is 4.98 Å². The molecule has 1 aliphatic carbocycles. The van der Waals surface area contributed by atoms with Crippen molar-refractivity contribution in [2.24, 2.45) is 0 Å². The molecule has 2 aromatic carbocycles. The van der Waals surface area contributed by atoms with Crippen LogP contribution in [-0.2, 0) is 6.42 Å². The van der Waals surface area contributed by atoms with Crippen LogP contribution in [0.5, 0.6) is 0 Å². The quantitative estimate of drug-likeness (QED) is 0.682. The molecule has 0 fully saturated rings. The van der Waals surface area contributed by atoms with E-state index in [0.717, 1.165) is 28.9 Å². The van der Waals surface area contributed by atoms with Gasteiger partial charge >= 0.3 is 0 Å². The fourth-order valence-electron chi connectivity index (χ4n) is 3.46. The standard InChI is InChI=1S/C22H20N2/c1-14(2)24-21-9-8-20-19(10-11-23-22(20)15(21)3)18-12-16-6-4-5-7-17(16)13-18/h4-12,24H,1,13H2,2-3H3. The Balaban J connectivity index is 1.84. The van der Waals surface area contributed by atoms with Gasteiger partial charge < -0.3 is 5.32 Å². The summed E-state index contributed by atoms with van der Waals surface area (Å²) >= 11 is 0. The molecule has 0 aliphatic heterocycles. The molecule has 0 amide bonds. The topological polar surface area (TPSA) is 24.9 Å². The van der Waals surface area contributed by atoms with Crippen molar-refractivity contribution in [1.29, 1.82) is 0 Å². The number of nitrogens with one attached hydrogen (secondary N) is 1. The number of allylic oxidation sites excluding steroid dienone is 2. The molecule has 3 aromatic rings. The zero-order valence-corrected chi connectivity index (χ0v) is 14.1. The number of hydrogen-bond acceptors (Lipinski definition) is 2. The first kappa shape index (κ1) is 14.7. The predicted molar refractivity (Wildman–Crippen MR) is 103 cm³/mol. The first-order valence-corrected chi connectivity index (χ1v) is 8.23. The van der Waals surface area contributed by atoms with E-state index in [0.29, 0.717) is 0 Å². The Bertz CT molecular complexity index is 996. The molecular weight excluding hydrogens is 292 g/mol. The lowest BCUT2D eigenvalue weighted by molar-refractivity contribution is 1.30. The maximum absolute atomic E-state index is 4.63. The van der Waals surface area contributed by atoms with Crippen molar-refractivity contribution >= 4 is 28.2 Å². The third-order valence-electron chi connectivity index (χ3n) is 4.63. The number of pyridine rings is 1. The van der Waals surface area contributed by atoms with E-state index in [1.165, 1.54) is 27.6 Å². The molecule has 0 atom stereocenters. The maximum Gasteiger partial charge on any atom is 0.0757 e. The average Bonchev–Trinajstić information content (AvgIpc) is 3.00. The van der Waals surface area contributed by atoms with E-state index >= 15 is 0 Å². The number of anilines is 1. The van der Waals surface area contributed by atoms with Crippen LogP contribution in [0.1, 0.15) is 29.2 Å². The number of aromatic nitrogens is 1.